The summed E-state index contributed by atoms with van der Waals surface area (Å²) in [4.78, 5) is 21.2. The molecule has 3 aliphatic rings. The molecule has 5 rings (SSSR count). The van der Waals surface area contributed by atoms with Gasteiger partial charge < -0.3 is 10.2 Å². The van der Waals surface area contributed by atoms with Crippen LogP contribution in [0.1, 0.15) is 28.9 Å². The Kier molecular flexibility index (Phi) is 4.80. The fourth-order valence-corrected chi connectivity index (χ4v) is 3.59. The van der Waals surface area contributed by atoms with Crippen LogP contribution in [0.25, 0.3) is 0 Å². The minimum atomic E-state index is -0.0309. The number of anilines is 2. The molecule has 3 heterocycles. The van der Waals surface area contributed by atoms with Crippen LogP contribution in [-0.4, -0.2) is 40.4 Å². The lowest BCUT2D eigenvalue weighted by molar-refractivity contribution is 0.0951. The number of carbonyl (C=O) groups is 1. The predicted octanol–water partition coefficient (Wildman–Crippen LogP) is 2.97. The Hall–Kier alpha value is -3.10. The van der Waals surface area contributed by atoms with Crippen molar-refractivity contribution in [2.75, 3.05) is 22.6 Å². The van der Waals surface area contributed by atoms with E-state index in [2.05, 4.69) is 30.7 Å². The van der Waals surface area contributed by atoms with Crippen molar-refractivity contribution in [3.8, 4) is 0 Å². The van der Waals surface area contributed by atoms with Crippen LogP contribution >= 0.6 is 11.6 Å². The number of nitrogens with zero attached hydrogens (tertiary/aromatic N) is 4. The van der Waals surface area contributed by atoms with E-state index in [1.165, 1.54) is 0 Å². The van der Waals surface area contributed by atoms with Crippen molar-refractivity contribution < 1.29 is 4.79 Å². The van der Waals surface area contributed by atoms with E-state index in [-0.39, 0.29) is 5.91 Å². The highest BCUT2D eigenvalue weighted by atomic mass is 35.5. The van der Waals surface area contributed by atoms with Gasteiger partial charge in [-0.05, 0) is 42.9 Å². The molecule has 1 aromatic carbocycles. The lowest BCUT2D eigenvalue weighted by Gasteiger charge is -2.25. The topological polar surface area (TPSA) is 91.3 Å². The zero-order chi connectivity index (χ0) is 20.7. The SMILES string of the molecule is Cc1cc(NC2=CN(c3cccc(C(=O)NC4CC4)c3)CC3=NC(CCl)=C[N+]23)n[nH]1. The molecular weight excluding hydrogens is 402 g/mol. The van der Waals surface area contributed by atoms with Gasteiger partial charge in [0.15, 0.2) is 12.0 Å². The quantitative estimate of drug-likeness (QED) is 0.492. The molecule has 30 heavy (non-hydrogen) atoms. The van der Waals surface area contributed by atoms with Gasteiger partial charge in [0.1, 0.15) is 12.2 Å². The van der Waals surface area contributed by atoms with E-state index in [0.29, 0.717) is 29.8 Å². The van der Waals surface area contributed by atoms with Crippen molar-refractivity contribution in [3.05, 3.63) is 65.5 Å². The molecule has 0 saturated heterocycles. The van der Waals surface area contributed by atoms with Gasteiger partial charge >= 0.3 is 0 Å². The molecule has 0 spiro atoms. The molecule has 1 saturated carbocycles. The van der Waals surface area contributed by atoms with E-state index in [1.54, 1.807) is 0 Å². The van der Waals surface area contributed by atoms with Crippen LogP contribution < -0.4 is 20.4 Å². The number of nitrogens with one attached hydrogen (secondary N) is 3. The van der Waals surface area contributed by atoms with Gasteiger partial charge in [0.2, 0.25) is 0 Å². The molecule has 1 fully saturated rings. The number of hydrogen-bond donors (Lipinski definition) is 3. The molecule has 2 aliphatic heterocycles. The lowest BCUT2D eigenvalue weighted by Crippen LogP contribution is -2.45. The van der Waals surface area contributed by atoms with Gasteiger partial charge in [0.25, 0.3) is 17.6 Å². The van der Waals surface area contributed by atoms with Gasteiger partial charge in [-0.3, -0.25) is 15.2 Å². The molecule has 3 N–H and O–H groups in total. The second kappa shape index (κ2) is 7.62. The molecule has 1 radical (unpaired) electrons. The van der Waals surface area contributed by atoms with E-state index in [0.717, 1.165) is 41.6 Å². The summed E-state index contributed by atoms with van der Waals surface area (Å²) in [5, 5.41) is 13.6. The first-order chi connectivity index (χ1) is 14.6. The van der Waals surface area contributed by atoms with Gasteiger partial charge in [-0.25, -0.2) is 0 Å². The van der Waals surface area contributed by atoms with E-state index in [9.17, 15) is 4.79 Å². The van der Waals surface area contributed by atoms with E-state index >= 15 is 0 Å². The molecule has 1 amide bonds. The lowest BCUT2D eigenvalue weighted by atomic mass is 10.1. The van der Waals surface area contributed by atoms with Crippen LogP contribution in [-0.2, 0) is 0 Å². The monoisotopic (exact) mass is 423 g/mol. The van der Waals surface area contributed by atoms with Crippen LogP contribution in [0.5, 0.6) is 0 Å². The van der Waals surface area contributed by atoms with Gasteiger partial charge in [0.05, 0.1) is 12.1 Å². The number of aliphatic imine (C=N–C) groups is 1. The average molecular weight is 424 g/mol. The number of H-pyrrole nitrogens is 1. The molecule has 0 atom stereocenters. The van der Waals surface area contributed by atoms with E-state index < -0.39 is 0 Å². The molecule has 8 nitrogen and oxygen atoms in total. The number of alkyl halides is 1. The summed E-state index contributed by atoms with van der Waals surface area (Å²) in [7, 11) is 0. The third-order valence-electron chi connectivity index (χ3n) is 5.13. The number of fused-ring (bicyclic) bond motifs is 1. The summed E-state index contributed by atoms with van der Waals surface area (Å²) in [5.41, 5.74) is 3.34. The molecule has 1 aromatic heterocycles. The molecular formula is C21H22ClN7O+. The zero-order valence-electron chi connectivity index (χ0n) is 16.5. The number of amidine groups is 1. The smallest absolute Gasteiger partial charge is 0.284 e. The minimum absolute atomic E-state index is 0.0309. The van der Waals surface area contributed by atoms with Gasteiger partial charge in [0, 0.05) is 29.1 Å². The second-order valence-corrected chi connectivity index (χ2v) is 7.92. The van der Waals surface area contributed by atoms with Gasteiger partial charge in [-0.15, -0.1) is 11.6 Å². The molecule has 2 aromatic rings. The van der Waals surface area contributed by atoms with Crippen LogP contribution in [0.15, 0.2) is 59.2 Å². The fourth-order valence-electron chi connectivity index (χ4n) is 3.46. The van der Waals surface area contributed by atoms with Gasteiger partial charge in [-0.1, -0.05) is 6.07 Å². The Balaban J connectivity index is 1.45. The number of amides is 1. The number of halogens is 1. The summed E-state index contributed by atoms with van der Waals surface area (Å²) in [6.45, 7) is 2.52. The highest BCUT2D eigenvalue weighted by Gasteiger charge is 2.40. The van der Waals surface area contributed by atoms with Crippen molar-refractivity contribution in [1.82, 2.24) is 20.4 Å². The van der Waals surface area contributed by atoms with Crippen molar-refractivity contribution in [2.45, 2.75) is 25.8 Å². The largest absolute Gasteiger partial charge is 0.349 e. The first-order valence-corrected chi connectivity index (χ1v) is 10.4. The summed E-state index contributed by atoms with van der Waals surface area (Å²) in [6.07, 6.45) is 6.05. The van der Waals surface area contributed by atoms with E-state index in [1.807, 2.05) is 54.6 Å². The van der Waals surface area contributed by atoms with Crippen LogP contribution in [0, 0.1) is 6.92 Å². The maximum atomic E-state index is 12.5. The van der Waals surface area contributed by atoms with Crippen molar-refractivity contribution in [1.29, 1.82) is 0 Å². The number of allylic oxidation sites excluding steroid dienone is 1. The standard InChI is InChI=1S/C21H22ClN7O/c1-13-7-18(27-26-13)25-20-12-28(11-19-23-16(9-22)10-29(19)20)17-4-2-3-14(8-17)21(30)24-15-5-6-15/h2-4,7-8,10,12,15H,5-6,9,11H2,1H3,(H,24,30)(H2,25,26,27)/q+1. The van der Waals surface area contributed by atoms with Crippen LogP contribution in [0.4, 0.5) is 11.5 Å². The van der Waals surface area contributed by atoms with Crippen molar-refractivity contribution in [3.63, 3.8) is 0 Å². The molecule has 0 bridgehead atoms. The number of benzene rings is 1. The maximum Gasteiger partial charge on any atom is 0.284 e. The number of aromatic nitrogens is 2. The maximum absolute atomic E-state index is 12.5. The highest BCUT2D eigenvalue weighted by molar-refractivity contribution is 6.19. The number of aryl methyl sites for hydroxylation is 1. The van der Waals surface area contributed by atoms with Crippen molar-refractivity contribution in [2.24, 2.45) is 4.99 Å². The summed E-state index contributed by atoms with van der Waals surface area (Å²) >= 11 is 6.02. The fraction of sp³-hybridized carbons (Fsp3) is 0.286. The van der Waals surface area contributed by atoms with Crippen molar-refractivity contribution >= 4 is 34.8 Å². The van der Waals surface area contributed by atoms with Crippen LogP contribution in [0.3, 0.4) is 0 Å². The second-order valence-electron chi connectivity index (χ2n) is 7.65. The number of hydrogen-bond acceptors (Lipinski definition) is 6. The molecule has 9 heteroatoms. The van der Waals surface area contributed by atoms with Crippen LogP contribution in [0.2, 0.25) is 0 Å². The summed E-state index contributed by atoms with van der Waals surface area (Å²) in [5.74, 6) is 2.68. The Morgan fingerprint density at radius 3 is 2.97 bits per heavy atom. The molecule has 0 unspecified atom stereocenters. The Labute approximate surface area is 179 Å². The minimum Gasteiger partial charge on any atom is -0.349 e. The third-order valence-corrected chi connectivity index (χ3v) is 5.40. The molecule has 1 aliphatic carbocycles. The predicted molar refractivity (Wildman–Crippen MR) is 118 cm³/mol. The zero-order valence-corrected chi connectivity index (χ0v) is 17.3. The summed E-state index contributed by atoms with van der Waals surface area (Å²) in [6, 6.07) is 9.90. The first-order valence-electron chi connectivity index (χ1n) is 9.91. The van der Waals surface area contributed by atoms with Gasteiger partial charge in [-0.2, -0.15) is 10.1 Å². The Morgan fingerprint density at radius 2 is 2.23 bits per heavy atom. The number of rotatable bonds is 6. The summed E-state index contributed by atoms with van der Waals surface area (Å²) < 4.78 is 0. The average Bonchev–Trinajstić information content (AvgIpc) is 3.30. The van der Waals surface area contributed by atoms with E-state index in [4.69, 9.17) is 11.6 Å². The molecule has 153 valence electrons. The normalized spacial score (nSPS) is 18.5. The highest BCUT2D eigenvalue weighted by Crippen LogP contribution is 2.27. The Bertz CT molecular complexity index is 1080. The Morgan fingerprint density at radius 1 is 1.37 bits per heavy atom. The third kappa shape index (κ3) is 3.83. The first kappa shape index (κ1) is 18.9. The number of aromatic amines is 1. The number of carbonyl (C=O) groups excluding carboxylic acids is 1.